The van der Waals surface area contributed by atoms with Crippen molar-refractivity contribution in [2.75, 3.05) is 23.3 Å². The van der Waals surface area contributed by atoms with Gasteiger partial charge in [0.25, 0.3) is 5.91 Å². The molecule has 1 aliphatic rings. The van der Waals surface area contributed by atoms with E-state index in [9.17, 15) is 9.18 Å². The predicted octanol–water partition coefficient (Wildman–Crippen LogP) is 4.69. The summed E-state index contributed by atoms with van der Waals surface area (Å²) in [6, 6.07) is 5.77. The zero-order valence-corrected chi connectivity index (χ0v) is 16.2. The lowest BCUT2D eigenvalue weighted by molar-refractivity contribution is 0.103. The van der Waals surface area contributed by atoms with Crippen LogP contribution in [0.25, 0.3) is 10.2 Å². The van der Waals surface area contributed by atoms with Crippen LogP contribution in [0.2, 0.25) is 0 Å². The number of nitrogens with zero attached hydrogens (tertiary/aromatic N) is 3. The summed E-state index contributed by atoms with van der Waals surface area (Å²) >= 11 is 1.38. The number of hydrogen-bond acceptors (Lipinski definition) is 5. The van der Waals surface area contributed by atoms with E-state index < -0.39 is 0 Å². The number of halogens is 1. The van der Waals surface area contributed by atoms with Crippen LogP contribution in [0.15, 0.2) is 24.3 Å². The number of thiophene rings is 1. The van der Waals surface area contributed by atoms with Crippen molar-refractivity contribution >= 4 is 39.0 Å². The number of fused-ring (bicyclic) bond motifs is 1. The van der Waals surface area contributed by atoms with Gasteiger partial charge in [0.15, 0.2) is 0 Å². The fourth-order valence-electron chi connectivity index (χ4n) is 3.49. The lowest BCUT2D eigenvalue weighted by Gasteiger charge is -2.28. The van der Waals surface area contributed by atoms with Crippen molar-refractivity contribution in [3.8, 4) is 0 Å². The second-order valence-corrected chi connectivity index (χ2v) is 7.84. The van der Waals surface area contributed by atoms with Crippen LogP contribution in [0.3, 0.4) is 0 Å². The van der Waals surface area contributed by atoms with Gasteiger partial charge in [0.05, 0.1) is 10.3 Å². The second-order valence-electron chi connectivity index (χ2n) is 6.84. The Kier molecular flexibility index (Phi) is 4.78. The summed E-state index contributed by atoms with van der Waals surface area (Å²) in [7, 11) is 0. The Labute approximate surface area is 161 Å². The van der Waals surface area contributed by atoms with Crippen LogP contribution in [0.4, 0.5) is 15.9 Å². The number of hydrogen-bond donors (Lipinski definition) is 1. The Bertz CT molecular complexity index is 993. The van der Waals surface area contributed by atoms with E-state index in [-0.39, 0.29) is 11.7 Å². The number of aryl methyl sites for hydroxylation is 2. The smallest absolute Gasteiger partial charge is 0.266 e. The van der Waals surface area contributed by atoms with Gasteiger partial charge in [-0.15, -0.1) is 11.3 Å². The van der Waals surface area contributed by atoms with E-state index in [0.29, 0.717) is 10.6 Å². The molecule has 7 heteroatoms. The molecule has 0 bridgehead atoms. The van der Waals surface area contributed by atoms with Crippen molar-refractivity contribution in [2.24, 2.45) is 0 Å². The molecule has 0 unspecified atom stereocenters. The summed E-state index contributed by atoms with van der Waals surface area (Å²) < 4.78 is 13.1. The van der Waals surface area contributed by atoms with Crippen LogP contribution in [0, 0.1) is 19.7 Å². The molecule has 0 spiro atoms. The first-order valence-electron chi connectivity index (χ1n) is 9.12. The molecule has 1 saturated heterocycles. The highest BCUT2D eigenvalue weighted by atomic mass is 32.1. The minimum Gasteiger partial charge on any atom is -0.356 e. The maximum Gasteiger partial charge on any atom is 0.266 e. The highest BCUT2D eigenvalue weighted by molar-refractivity contribution is 7.20. The van der Waals surface area contributed by atoms with Gasteiger partial charge in [0, 0.05) is 18.8 Å². The van der Waals surface area contributed by atoms with Crippen molar-refractivity contribution < 1.29 is 9.18 Å². The number of carbonyl (C=O) groups excluding carboxylic acids is 1. The molecule has 1 amide bonds. The summed E-state index contributed by atoms with van der Waals surface area (Å²) in [5.41, 5.74) is 1.46. The van der Waals surface area contributed by atoms with Gasteiger partial charge in [-0.05, 0) is 62.9 Å². The van der Waals surface area contributed by atoms with Crippen molar-refractivity contribution in [1.29, 1.82) is 0 Å². The zero-order valence-electron chi connectivity index (χ0n) is 15.4. The third-order valence-corrected chi connectivity index (χ3v) is 6.03. The van der Waals surface area contributed by atoms with Crippen molar-refractivity contribution in [1.82, 2.24) is 9.97 Å². The van der Waals surface area contributed by atoms with Crippen LogP contribution in [0.5, 0.6) is 0 Å². The summed E-state index contributed by atoms with van der Waals surface area (Å²) in [4.78, 5) is 25.8. The number of aromatic nitrogens is 2. The van der Waals surface area contributed by atoms with Gasteiger partial charge in [-0.25, -0.2) is 14.4 Å². The van der Waals surface area contributed by atoms with Gasteiger partial charge in [0.2, 0.25) is 0 Å². The molecular formula is C20H21FN4OS. The van der Waals surface area contributed by atoms with Gasteiger partial charge in [-0.2, -0.15) is 0 Å². The molecule has 1 fully saturated rings. The second kappa shape index (κ2) is 7.23. The van der Waals surface area contributed by atoms with E-state index in [0.717, 1.165) is 53.4 Å². The summed E-state index contributed by atoms with van der Waals surface area (Å²) in [6.45, 7) is 5.81. The lowest BCUT2D eigenvalue weighted by Crippen LogP contribution is -2.30. The molecule has 1 N–H and O–H groups in total. The largest absolute Gasteiger partial charge is 0.356 e. The fourth-order valence-corrected chi connectivity index (χ4v) is 4.61. The number of anilines is 2. The zero-order chi connectivity index (χ0) is 19.0. The van der Waals surface area contributed by atoms with E-state index in [2.05, 4.69) is 15.2 Å². The fraction of sp³-hybridized carbons (Fsp3) is 0.350. The van der Waals surface area contributed by atoms with E-state index in [4.69, 9.17) is 4.98 Å². The Morgan fingerprint density at radius 2 is 1.81 bits per heavy atom. The number of piperidine rings is 1. The van der Waals surface area contributed by atoms with E-state index in [1.807, 2.05) is 13.8 Å². The molecule has 3 aromatic rings. The average molecular weight is 384 g/mol. The van der Waals surface area contributed by atoms with E-state index in [1.165, 1.54) is 29.9 Å². The summed E-state index contributed by atoms with van der Waals surface area (Å²) in [5.74, 6) is 1.12. The maximum atomic E-state index is 13.1. The topological polar surface area (TPSA) is 58.1 Å². The molecular weight excluding hydrogens is 363 g/mol. The number of rotatable bonds is 3. The van der Waals surface area contributed by atoms with Crippen molar-refractivity contribution in [3.63, 3.8) is 0 Å². The number of benzene rings is 1. The van der Waals surface area contributed by atoms with Crippen LogP contribution in [-0.4, -0.2) is 29.0 Å². The molecule has 0 atom stereocenters. The highest BCUT2D eigenvalue weighted by Crippen LogP contribution is 2.36. The molecule has 3 heterocycles. The first-order chi connectivity index (χ1) is 13.0. The molecule has 27 heavy (non-hydrogen) atoms. The Morgan fingerprint density at radius 1 is 1.11 bits per heavy atom. The van der Waals surface area contributed by atoms with Gasteiger partial charge in [0.1, 0.15) is 22.3 Å². The third-order valence-electron chi connectivity index (χ3n) is 4.85. The van der Waals surface area contributed by atoms with Gasteiger partial charge >= 0.3 is 0 Å². The number of carbonyl (C=O) groups is 1. The molecule has 1 aliphatic heterocycles. The Hall–Kier alpha value is -2.54. The molecule has 5 nitrogen and oxygen atoms in total. The Morgan fingerprint density at radius 3 is 2.52 bits per heavy atom. The minimum absolute atomic E-state index is 0.204. The number of amides is 1. The molecule has 140 valence electrons. The van der Waals surface area contributed by atoms with Crippen LogP contribution in [0.1, 0.15) is 40.3 Å². The molecule has 0 radical (unpaired) electrons. The molecule has 0 saturated carbocycles. The first kappa shape index (κ1) is 17.9. The molecule has 0 aliphatic carbocycles. The summed E-state index contributed by atoms with van der Waals surface area (Å²) in [6.07, 6.45) is 3.56. The lowest BCUT2D eigenvalue weighted by atomic mass is 10.1. The number of nitrogens with one attached hydrogen (secondary N) is 1. The van der Waals surface area contributed by atoms with Gasteiger partial charge in [-0.1, -0.05) is 0 Å². The van der Waals surface area contributed by atoms with Crippen molar-refractivity contribution in [2.45, 2.75) is 33.1 Å². The predicted molar refractivity (Wildman–Crippen MR) is 107 cm³/mol. The highest BCUT2D eigenvalue weighted by Gasteiger charge is 2.23. The monoisotopic (exact) mass is 384 g/mol. The summed E-state index contributed by atoms with van der Waals surface area (Å²) in [5, 5.41) is 3.81. The Balaban J connectivity index is 1.72. The van der Waals surface area contributed by atoms with Crippen LogP contribution < -0.4 is 10.2 Å². The SMILES string of the molecule is Cc1nc(N2CCCCC2)c2c(C)c(C(=O)Nc3ccc(F)cc3)sc2n1. The first-order valence-corrected chi connectivity index (χ1v) is 9.94. The van der Waals surface area contributed by atoms with Gasteiger partial charge in [-0.3, -0.25) is 4.79 Å². The standard InChI is InChI=1S/C20H21FN4OS/c1-12-16-18(25-10-4-3-5-11-25)22-13(2)23-20(16)27-17(12)19(26)24-15-8-6-14(21)7-9-15/h6-9H,3-5,10-11H2,1-2H3,(H,24,26). The maximum absolute atomic E-state index is 13.1. The van der Waals surface area contributed by atoms with E-state index in [1.54, 1.807) is 12.1 Å². The normalized spacial score (nSPS) is 14.6. The third kappa shape index (κ3) is 3.51. The quantitative estimate of drug-likeness (QED) is 0.712. The van der Waals surface area contributed by atoms with Crippen LogP contribution in [-0.2, 0) is 0 Å². The average Bonchev–Trinajstić information content (AvgIpc) is 3.00. The van der Waals surface area contributed by atoms with Crippen molar-refractivity contribution in [3.05, 3.63) is 46.3 Å². The van der Waals surface area contributed by atoms with Gasteiger partial charge < -0.3 is 10.2 Å². The van der Waals surface area contributed by atoms with E-state index >= 15 is 0 Å². The van der Waals surface area contributed by atoms with Crippen LogP contribution >= 0.6 is 11.3 Å². The minimum atomic E-state index is -0.331. The molecule has 4 rings (SSSR count). The molecule has 2 aromatic heterocycles. The molecule has 1 aromatic carbocycles.